The molecule has 0 aliphatic carbocycles. The lowest BCUT2D eigenvalue weighted by atomic mass is 10.1. The third-order valence-electron chi connectivity index (χ3n) is 3.96. The predicted molar refractivity (Wildman–Crippen MR) is 114 cm³/mol. The Morgan fingerprint density at radius 1 is 1.21 bits per heavy atom. The summed E-state index contributed by atoms with van der Waals surface area (Å²) in [6.07, 6.45) is 1.17. The molecule has 0 unspecified atom stereocenters. The molecular formula is C19H26N2O6S2. The molecule has 2 rings (SSSR count). The van der Waals surface area contributed by atoms with Gasteiger partial charge in [0, 0.05) is 18.3 Å². The summed E-state index contributed by atoms with van der Waals surface area (Å²) in [6.45, 7) is 5.17. The minimum Gasteiger partial charge on any atom is -0.494 e. The zero-order valence-corrected chi connectivity index (χ0v) is 18.5. The number of carbonyl (C=O) groups is 1. The van der Waals surface area contributed by atoms with Crippen LogP contribution in [0.15, 0.2) is 34.5 Å². The molecule has 10 heteroatoms. The minimum atomic E-state index is -4.00. The smallest absolute Gasteiger partial charge is 0.494 e. The average molecular weight is 443 g/mol. The Balaban J connectivity index is 2.14. The molecule has 1 heterocycles. The van der Waals surface area contributed by atoms with Crippen molar-refractivity contribution < 1.29 is 27.4 Å². The Hall–Kier alpha value is -2.46. The van der Waals surface area contributed by atoms with Crippen molar-refractivity contribution in [1.29, 1.82) is 0 Å². The van der Waals surface area contributed by atoms with Crippen LogP contribution < -0.4 is 19.5 Å². The summed E-state index contributed by atoms with van der Waals surface area (Å²) in [5.41, 5.74) is 1.11. The fraction of sp³-hybridized carbons (Fsp3) is 0.421. The van der Waals surface area contributed by atoms with E-state index in [1.807, 2.05) is 0 Å². The second-order valence-corrected chi connectivity index (χ2v) is 9.14. The van der Waals surface area contributed by atoms with Crippen molar-refractivity contribution in [3.05, 3.63) is 29.6 Å². The van der Waals surface area contributed by atoms with Crippen LogP contribution in [0.5, 0.6) is 10.8 Å². The SMILES string of the molecule is COC(=O)Oc1sccc1S(=O)(=O)Nc1ccc(NCCCC(C)C)cc1OC. The third kappa shape index (κ3) is 6.53. The summed E-state index contributed by atoms with van der Waals surface area (Å²) >= 11 is 0.973. The molecular weight excluding hydrogens is 416 g/mol. The van der Waals surface area contributed by atoms with E-state index in [1.54, 1.807) is 18.2 Å². The molecule has 2 aromatic rings. The normalized spacial score (nSPS) is 11.2. The number of thiophene rings is 1. The average Bonchev–Trinajstić information content (AvgIpc) is 3.14. The fourth-order valence-corrected chi connectivity index (χ4v) is 4.77. The largest absolute Gasteiger partial charge is 0.514 e. The summed E-state index contributed by atoms with van der Waals surface area (Å²) in [5.74, 6) is 1.02. The third-order valence-corrected chi connectivity index (χ3v) is 6.27. The van der Waals surface area contributed by atoms with Crippen LogP contribution in [0.25, 0.3) is 0 Å². The zero-order chi connectivity index (χ0) is 21.4. The number of ether oxygens (including phenoxy) is 3. The monoisotopic (exact) mass is 442 g/mol. The van der Waals surface area contributed by atoms with Crippen LogP contribution in [0.1, 0.15) is 26.7 Å². The van der Waals surface area contributed by atoms with E-state index in [0.29, 0.717) is 11.7 Å². The van der Waals surface area contributed by atoms with Gasteiger partial charge in [-0.3, -0.25) is 4.72 Å². The van der Waals surface area contributed by atoms with Gasteiger partial charge in [0.1, 0.15) is 10.6 Å². The van der Waals surface area contributed by atoms with Crippen molar-refractivity contribution in [3.63, 3.8) is 0 Å². The van der Waals surface area contributed by atoms with Gasteiger partial charge in [0.15, 0.2) is 0 Å². The van der Waals surface area contributed by atoms with Crippen LogP contribution in [-0.4, -0.2) is 35.3 Å². The predicted octanol–water partition coefficient (Wildman–Crippen LogP) is 4.55. The van der Waals surface area contributed by atoms with E-state index in [-0.39, 0.29) is 15.6 Å². The second kappa shape index (κ2) is 10.4. The van der Waals surface area contributed by atoms with Crippen molar-refractivity contribution in [2.24, 2.45) is 5.92 Å². The first-order valence-corrected chi connectivity index (χ1v) is 11.4. The van der Waals surface area contributed by atoms with Gasteiger partial charge in [0.25, 0.3) is 10.0 Å². The molecule has 0 aliphatic heterocycles. The van der Waals surface area contributed by atoms with Gasteiger partial charge in [0.2, 0.25) is 5.06 Å². The van der Waals surface area contributed by atoms with Gasteiger partial charge in [-0.15, -0.1) is 11.3 Å². The van der Waals surface area contributed by atoms with Crippen LogP contribution >= 0.6 is 11.3 Å². The van der Waals surface area contributed by atoms with E-state index in [4.69, 9.17) is 9.47 Å². The van der Waals surface area contributed by atoms with E-state index < -0.39 is 16.2 Å². The minimum absolute atomic E-state index is 0.0771. The molecule has 0 bridgehead atoms. The van der Waals surface area contributed by atoms with E-state index >= 15 is 0 Å². The Bertz CT molecular complexity index is 925. The molecule has 0 fully saturated rings. The fourth-order valence-electron chi connectivity index (χ4n) is 2.50. The van der Waals surface area contributed by atoms with Gasteiger partial charge in [-0.2, -0.15) is 0 Å². The first kappa shape index (κ1) is 22.8. The maximum Gasteiger partial charge on any atom is 0.514 e. The number of hydrogen-bond donors (Lipinski definition) is 2. The number of nitrogens with one attached hydrogen (secondary N) is 2. The van der Waals surface area contributed by atoms with Crippen molar-refractivity contribution in [3.8, 4) is 10.8 Å². The highest BCUT2D eigenvalue weighted by molar-refractivity contribution is 7.93. The van der Waals surface area contributed by atoms with E-state index in [9.17, 15) is 13.2 Å². The van der Waals surface area contributed by atoms with Crippen molar-refractivity contribution in [1.82, 2.24) is 0 Å². The molecule has 0 spiro atoms. The Morgan fingerprint density at radius 2 is 1.97 bits per heavy atom. The number of benzene rings is 1. The summed E-state index contributed by atoms with van der Waals surface area (Å²) in [5, 5.41) is 4.73. The number of carbonyl (C=O) groups excluding carboxylic acids is 1. The topological polar surface area (TPSA) is 103 Å². The maximum atomic E-state index is 12.8. The molecule has 1 aromatic heterocycles. The van der Waals surface area contributed by atoms with Crippen LogP contribution in [0.2, 0.25) is 0 Å². The molecule has 0 saturated carbocycles. The number of hydrogen-bond acceptors (Lipinski definition) is 8. The van der Waals surface area contributed by atoms with Gasteiger partial charge in [-0.1, -0.05) is 13.8 Å². The summed E-state index contributed by atoms with van der Waals surface area (Å²) in [4.78, 5) is 11.2. The molecule has 0 aliphatic rings. The lowest BCUT2D eigenvalue weighted by molar-refractivity contribution is 0.122. The van der Waals surface area contributed by atoms with Gasteiger partial charge >= 0.3 is 6.16 Å². The number of methoxy groups -OCH3 is 2. The van der Waals surface area contributed by atoms with E-state index in [1.165, 1.54) is 18.6 Å². The zero-order valence-electron chi connectivity index (χ0n) is 16.9. The molecule has 8 nitrogen and oxygen atoms in total. The van der Waals surface area contributed by atoms with Gasteiger partial charge in [0.05, 0.1) is 19.9 Å². The number of sulfonamides is 1. The maximum absolute atomic E-state index is 12.8. The first-order chi connectivity index (χ1) is 13.8. The standard InChI is InChI=1S/C19H26N2O6S2/c1-13(2)6-5-10-20-14-7-8-15(16(12-14)25-3)21-29(23,24)17-9-11-28-18(17)27-19(22)26-4/h7-9,11-13,20-21H,5-6,10H2,1-4H3. The van der Waals surface area contributed by atoms with Crippen LogP contribution in [0.4, 0.5) is 16.2 Å². The quantitative estimate of drug-likeness (QED) is 0.411. The molecule has 160 valence electrons. The summed E-state index contributed by atoms with van der Waals surface area (Å²) in [6, 6.07) is 6.47. The number of anilines is 2. The Labute approximate surface area is 175 Å². The van der Waals surface area contributed by atoms with E-state index in [0.717, 1.165) is 43.5 Å². The first-order valence-electron chi connectivity index (χ1n) is 9.05. The molecule has 0 saturated heterocycles. The second-order valence-electron chi connectivity index (χ2n) is 6.61. The summed E-state index contributed by atoms with van der Waals surface area (Å²) in [7, 11) is -1.39. The Morgan fingerprint density at radius 3 is 2.62 bits per heavy atom. The van der Waals surface area contributed by atoms with Crippen LogP contribution in [0, 0.1) is 5.92 Å². The molecule has 1 aromatic carbocycles. The molecule has 0 atom stereocenters. The molecule has 2 N–H and O–H groups in total. The van der Waals surface area contributed by atoms with Gasteiger partial charge < -0.3 is 19.5 Å². The highest BCUT2D eigenvalue weighted by Gasteiger charge is 2.24. The highest BCUT2D eigenvalue weighted by atomic mass is 32.2. The lowest BCUT2D eigenvalue weighted by Gasteiger charge is -2.14. The van der Waals surface area contributed by atoms with Crippen molar-refractivity contribution in [2.75, 3.05) is 30.8 Å². The van der Waals surface area contributed by atoms with E-state index in [2.05, 4.69) is 28.6 Å². The van der Waals surface area contributed by atoms with Gasteiger partial charge in [-0.25, -0.2) is 13.2 Å². The highest BCUT2D eigenvalue weighted by Crippen LogP contribution is 2.35. The van der Waals surface area contributed by atoms with Crippen molar-refractivity contribution >= 4 is 38.9 Å². The van der Waals surface area contributed by atoms with Crippen LogP contribution in [-0.2, 0) is 14.8 Å². The lowest BCUT2D eigenvalue weighted by Crippen LogP contribution is -2.15. The summed E-state index contributed by atoms with van der Waals surface area (Å²) < 4.78 is 42.7. The molecule has 0 radical (unpaired) electrons. The van der Waals surface area contributed by atoms with Crippen LogP contribution in [0.3, 0.4) is 0 Å². The van der Waals surface area contributed by atoms with Crippen molar-refractivity contribution in [2.45, 2.75) is 31.6 Å². The number of rotatable bonds is 10. The Kier molecular flexibility index (Phi) is 8.15. The molecule has 0 amide bonds. The molecule has 29 heavy (non-hydrogen) atoms. The van der Waals surface area contributed by atoms with Gasteiger partial charge in [-0.05, 0) is 42.3 Å².